The molecule has 0 spiro atoms. The molecule has 2 aliphatic heterocycles. The van der Waals surface area contributed by atoms with E-state index >= 15 is 0 Å². The van der Waals surface area contributed by atoms with E-state index in [2.05, 4.69) is 6.92 Å². The van der Waals surface area contributed by atoms with E-state index in [1.165, 1.54) is 0 Å². The minimum absolute atomic E-state index is 0.305. The van der Waals surface area contributed by atoms with Crippen molar-refractivity contribution in [2.24, 2.45) is 0 Å². The lowest BCUT2D eigenvalue weighted by atomic mass is 9.89. The van der Waals surface area contributed by atoms with Crippen molar-refractivity contribution in [3.63, 3.8) is 0 Å². The van der Waals surface area contributed by atoms with Crippen LogP contribution in [0, 0.1) is 0 Å². The summed E-state index contributed by atoms with van der Waals surface area (Å²) in [6, 6.07) is 0. The molecule has 0 amide bonds. The summed E-state index contributed by atoms with van der Waals surface area (Å²) in [5.74, 6) is -2.31. The Kier molecular flexibility index (Phi) is 9.87. The standard InChI is InChI=1S/C20H38O11/c1-2-3-4-5-6-7-8-20(28)18(27)16(26)17(12(10-22)31-20)30-19-15(25)14(24)13(23)11(9-21)29-19/h11-19,21-28H,2-10H2,1H3/t11-,12-,13+,14+,15-,16+,17-,18-,19+,20?/m1/s1/i7D/t7?,11-,12-,13+,14+,15-,16+,17-,18-,19+,20?. The maximum Gasteiger partial charge on any atom is 0.195 e. The summed E-state index contributed by atoms with van der Waals surface area (Å²) in [5.41, 5.74) is 0. The molecular weight excluding hydrogens is 416 g/mol. The zero-order valence-electron chi connectivity index (χ0n) is 18.7. The maximum absolute atomic E-state index is 10.8. The number of aliphatic hydroxyl groups excluding tert-OH is 7. The molecule has 2 heterocycles. The first-order valence-corrected chi connectivity index (χ1v) is 10.8. The highest BCUT2D eigenvalue weighted by atomic mass is 16.7. The van der Waals surface area contributed by atoms with Crippen molar-refractivity contribution in [2.75, 3.05) is 13.2 Å². The van der Waals surface area contributed by atoms with E-state index < -0.39 is 80.5 Å². The van der Waals surface area contributed by atoms with Crippen molar-refractivity contribution in [1.82, 2.24) is 0 Å². The van der Waals surface area contributed by atoms with Crippen molar-refractivity contribution >= 4 is 0 Å². The number of ether oxygens (including phenoxy) is 3. The van der Waals surface area contributed by atoms with Crippen molar-refractivity contribution in [3.8, 4) is 0 Å². The fraction of sp³-hybridized carbons (Fsp3) is 1.00. The Balaban J connectivity index is 2.06. The zero-order chi connectivity index (χ0) is 24.1. The number of aliphatic hydroxyl groups is 8. The Bertz CT molecular complexity index is 554. The van der Waals surface area contributed by atoms with Gasteiger partial charge in [-0.3, -0.25) is 0 Å². The van der Waals surface area contributed by atoms with Gasteiger partial charge in [-0.1, -0.05) is 39.0 Å². The van der Waals surface area contributed by atoms with Crippen LogP contribution in [0.3, 0.4) is 0 Å². The van der Waals surface area contributed by atoms with Gasteiger partial charge in [-0.25, -0.2) is 0 Å². The summed E-state index contributed by atoms with van der Waals surface area (Å²) in [7, 11) is 0. The highest BCUT2D eigenvalue weighted by Crippen LogP contribution is 2.35. The third kappa shape index (κ3) is 6.33. The van der Waals surface area contributed by atoms with Crippen molar-refractivity contribution in [2.45, 2.75) is 113 Å². The van der Waals surface area contributed by atoms with Crippen molar-refractivity contribution in [3.05, 3.63) is 0 Å². The molecule has 2 fully saturated rings. The first-order valence-electron chi connectivity index (χ1n) is 11.4. The Morgan fingerprint density at radius 1 is 0.871 bits per heavy atom. The molecule has 11 atom stereocenters. The van der Waals surface area contributed by atoms with E-state index in [-0.39, 0.29) is 6.42 Å². The average Bonchev–Trinajstić information content (AvgIpc) is 2.77. The second kappa shape index (κ2) is 12.1. The van der Waals surface area contributed by atoms with Crippen LogP contribution in [-0.4, -0.2) is 115 Å². The lowest BCUT2D eigenvalue weighted by Gasteiger charge is -2.49. The van der Waals surface area contributed by atoms with Gasteiger partial charge < -0.3 is 55.1 Å². The van der Waals surface area contributed by atoms with Gasteiger partial charge in [-0.15, -0.1) is 0 Å². The number of hydrogen-bond acceptors (Lipinski definition) is 11. The molecule has 2 rings (SSSR count). The lowest BCUT2D eigenvalue weighted by molar-refractivity contribution is -0.384. The minimum Gasteiger partial charge on any atom is -0.394 e. The molecule has 0 saturated carbocycles. The first-order chi connectivity index (χ1) is 15.1. The van der Waals surface area contributed by atoms with Crippen LogP contribution in [-0.2, 0) is 14.2 Å². The van der Waals surface area contributed by atoms with E-state index in [1.807, 2.05) is 0 Å². The Morgan fingerprint density at radius 3 is 2.13 bits per heavy atom. The first kappa shape index (κ1) is 25.2. The van der Waals surface area contributed by atoms with Gasteiger partial charge in [0.2, 0.25) is 0 Å². The highest BCUT2D eigenvalue weighted by Gasteiger charge is 2.55. The van der Waals surface area contributed by atoms with Crippen LogP contribution in [0.4, 0.5) is 0 Å². The van der Waals surface area contributed by atoms with Crippen molar-refractivity contribution < 1.29 is 56.4 Å². The van der Waals surface area contributed by atoms with Gasteiger partial charge >= 0.3 is 0 Å². The van der Waals surface area contributed by atoms with Crippen LogP contribution in [0.25, 0.3) is 0 Å². The van der Waals surface area contributed by atoms with Crippen LogP contribution in [0.5, 0.6) is 0 Å². The van der Waals surface area contributed by atoms with Crippen LogP contribution < -0.4 is 0 Å². The summed E-state index contributed by atoms with van der Waals surface area (Å²) < 4.78 is 24.3. The molecule has 0 aliphatic carbocycles. The summed E-state index contributed by atoms with van der Waals surface area (Å²) in [6.07, 6.45) is -11.4. The largest absolute Gasteiger partial charge is 0.394 e. The number of hydrogen-bond donors (Lipinski definition) is 8. The molecule has 8 N–H and O–H groups in total. The summed E-state index contributed by atoms with van der Waals surface area (Å²) in [4.78, 5) is 0. The summed E-state index contributed by atoms with van der Waals surface area (Å²) >= 11 is 0. The van der Waals surface area contributed by atoms with Gasteiger partial charge in [-0.05, 0) is 6.40 Å². The average molecular weight is 456 g/mol. The topological polar surface area (TPSA) is 190 Å². The molecule has 2 unspecified atom stereocenters. The van der Waals surface area contributed by atoms with Crippen molar-refractivity contribution in [1.29, 1.82) is 0 Å². The molecule has 0 aromatic rings. The normalized spacial score (nSPS) is 45.3. The number of unbranched alkanes of at least 4 members (excludes halogenated alkanes) is 3. The monoisotopic (exact) mass is 455 g/mol. The fourth-order valence-corrected chi connectivity index (χ4v) is 3.90. The molecule has 0 radical (unpaired) electrons. The van der Waals surface area contributed by atoms with E-state index in [4.69, 9.17) is 15.6 Å². The van der Waals surface area contributed by atoms with E-state index in [0.29, 0.717) is 6.42 Å². The maximum atomic E-state index is 10.8. The molecule has 184 valence electrons. The zero-order valence-corrected chi connectivity index (χ0v) is 17.7. The second-order valence-electron chi connectivity index (χ2n) is 8.26. The molecule has 31 heavy (non-hydrogen) atoms. The van der Waals surface area contributed by atoms with Crippen LogP contribution in [0.1, 0.15) is 53.2 Å². The molecule has 0 bridgehead atoms. The van der Waals surface area contributed by atoms with E-state index in [9.17, 15) is 40.9 Å². The molecule has 11 nitrogen and oxygen atoms in total. The van der Waals surface area contributed by atoms with Gasteiger partial charge in [0.25, 0.3) is 0 Å². The predicted molar refractivity (Wildman–Crippen MR) is 106 cm³/mol. The highest BCUT2D eigenvalue weighted by molar-refractivity contribution is 4.98. The molecule has 2 saturated heterocycles. The summed E-state index contributed by atoms with van der Waals surface area (Å²) in [6.45, 7) is 0.628. The summed E-state index contributed by atoms with van der Waals surface area (Å²) in [5, 5.41) is 80.9. The smallest absolute Gasteiger partial charge is 0.195 e. The quantitative estimate of drug-likeness (QED) is 0.157. The molecule has 2 aliphatic rings. The third-order valence-corrected chi connectivity index (χ3v) is 5.86. The predicted octanol–water partition coefficient (Wildman–Crippen LogP) is -2.28. The van der Waals surface area contributed by atoms with Gasteiger partial charge in [0.05, 0.1) is 13.2 Å². The molecule has 11 heteroatoms. The lowest BCUT2D eigenvalue weighted by Crippen LogP contribution is -2.68. The SMILES string of the molecule is [2H]C(CCCCCC)CC1(O)O[C@H](CO)[C@@H](O[C@@H]2O[C@H](CO)[C@H](O)[C@H](O)[C@H]2O)[C@H](O)[C@H]1O. The van der Waals surface area contributed by atoms with E-state index in [1.54, 1.807) is 0 Å². The van der Waals surface area contributed by atoms with Crippen LogP contribution in [0.2, 0.25) is 0 Å². The Morgan fingerprint density at radius 2 is 1.52 bits per heavy atom. The fourth-order valence-electron chi connectivity index (χ4n) is 3.90. The van der Waals surface area contributed by atoms with Crippen LogP contribution >= 0.6 is 0 Å². The van der Waals surface area contributed by atoms with Gasteiger partial charge in [0.1, 0.15) is 48.8 Å². The number of rotatable bonds is 11. The van der Waals surface area contributed by atoms with Gasteiger partial charge in [0.15, 0.2) is 12.1 Å². The Labute approximate surface area is 183 Å². The Hall–Kier alpha value is -0.440. The van der Waals surface area contributed by atoms with Crippen LogP contribution in [0.15, 0.2) is 0 Å². The second-order valence-corrected chi connectivity index (χ2v) is 8.26. The van der Waals surface area contributed by atoms with E-state index in [0.717, 1.165) is 25.7 Å². The van der Waals surface area contributed by atoms with Gasteiger partial charge in [-0.2, -0.15) is 0 Å². The third-order valence-electron chi connectivity index (χ3n) is 5.86. The van der Waals surface area contributed by atoms with Gasteiger partial charge in [0, 0.05) is 7.79 Å². The molecular formula is C20H38O11. The minimum atomic E-state index is -2.31. The molecule has 0 aromatic heterocycles. The molecule has 0 aromatic carbocycles.